The number of aryl methyl sites for hydroxylation is 4. The second kappa shape index (κ2) is 6.56. The summed E-state index contributed by atoms with van der Waals surface area (Å²) < 4.78 is 0. The van der Waals surface area contributed by atoms with Crippen LogP contribution in [0.1, 0.15) is 32.6 Å². The highest BCUT2D eigenvalue weighted by Gasteiger charge is 2.21. The van der Waals surface area contributed by atoms with Gasteiger partial charge in [0.1, 0.15) is 0 Å². The maximum absolute atomic E-state index is 12.2. The minimum atomic E-state index is -0.893. The SMILES string of the molecule is Cc1cccc(C)c1-c1cccc(-c2c(C)cccc2C)c1C(=O)O. The zero-order chi connectivity index (χ0) is 18.1. The molecular formula is C23H22O2. The topological polar surface area (TPSA) is 37.3 Å². The molecule has 0 saturated carbocycles. The Morgan fingerprint density at radius 2 is 0.960 bits per heavy atom. The fraction of sp³-hybridized carbons (Fsp3) is 0.174. The van der Waals surface area contributed by atoms with Crippen LogP contribution in [0.15, 0.2) is 54.6 Å². The summed E-state index contributed by atoms with van der Waals surface area (Å²) in [5.74, 6) is -0.893. The molecule has 0 saturated heterocycles. The second-order valence-corrected chi connectivity index (χ2v) is 6.57. The number of carboxylic acids is 1. The number of hydrogen-bond donors (Lipinski definition) is 1. The molecule has 3 aromatic carbocycles. The summed E-state index contributed by atoms with van der Waals surface area (Å²) >= 11 is 0. The highest BCUT2D eigenvalue weighted by molar-refractivity contribution is 6.04. The van der Waals surface area contributed by atoms with Gasteiger partial charge in [-0.25, -0.2) is 4.79 Å². The summed E-state index contributed by atoms with van der Waals surface area (Å²) in [5.41, 5.74) is 8.29. The molecule has 0 radical (unpaired) electrons. The van der Waals surface area contributed by atoms with Crippen molar-refractivity contribution in [1.29, 1.82) is 0 Å². The summed E-state index contributed by atoms with van der Waals surface area (Å²) in [7, 11) is 0. The van der Waals surface area contributed by atoms with Crippen LogP contribution in [0.25, 0.3) is 22.3 Å². The first-order chi connectivity index (χ1) is 11.9. The van der Waals surface area contributed by atoms with Crippen molar-refractivity contribution in [2.45, 2.75) is 27.7 Å². The Balaban J connectivity index is 2.40. The van der Waals surface area contributed by atoms with Gasteiger partial charge in [-0.05, 0) is 72.2 Å². The van der Waals surface area contributed by atoms with E-state index in [-0.39, 0.29) is 0 Å². The molecule has 0 aliphatic heterocycles. The van der Waals surface area contributed by atoms with Crippen LogP contribution < -0.4 is 0 Å². The Morgan fingerprint density at radius 1 is 0.640 bits per heavy atom. The minimum absolute atomic E-state index is 0.373. The maximum Gasteiger partial charge on any atom is 0.336 e. The Morgan fingerprint density at radius 3 is 1.28 bits per heavy atom. The molecule has 0 fully saturated rings. The van der Waals surface area contributed by atoms with Crippen LogP contribution in [0.2, 0.25) is 0 Å². The Hall–Kier alpha value is -2.87. The van der Waals surface area contributed by atoms with E-state index in [1.54, 1.807) is 0 Å². The van der Waals surface area contributed by atoms with Crippen molar-refractivity contribution in [1.82, 2.24) is 0 Å². The number of rotatable bonds is 3. The molecule has 1 N–H and O–H groups in total. The molecule has 0 aliphatic carbocycles. The molecule has 0 heterocycles. The van der Waals surface area contributed by atoms with Crippen molar-refractivity contribution in [3.8, 4) is 22.3 Å². The summed E-state index contributed by atoms with van der Waals surface area (Å²) in [6.45, 7) is 8.11. The number of carbonyl (C=O) groups is 1. The molecule has 3 rings (SSSR count). The van der Waals surface area contributed by atoms with Gasteiger partial charge in [0.05, 0.1) is 5.56 Å². The number of aromatic carboxylic acids is 1. The lowest BCUT2D eigenvalue weighted by Gasteiger charge is -2.18. The van der Waals surface area contributed by atoms with Crippen LogP contribution in [-0.4, -0.2) is 11.1 Å². The molecular weight excluding hydrogens is 308 g/mol. The van der Waals surface area contributed by atoms with E-state index in [4.69, 9.17) is 0 Å². The normalized spacial score (nSPS) is 10.7. The van der Waals surface area contributed by atoms with Gasteiger partial charge in [0.15, 0.2) is 0 Å². The Labute approximate surface area is 148 Å². The predicted octanol–water partition coefficient (Wildman–Crippen LogP) is 5.95. The molecule has 0 aromatic heterocycles. The smallest absolute Gasteiger partial charge is 0.336 e. The zero-order valence-electron chi connectivity index (χ0n) is 15.1. The van der Waals surface area contributed by atoms with Gasteiger partial charge in [-0.1, -0.05) is 54.6 Å². The van der Waals surface area contributed by atoms with Gasteiger partial charge >= 0.3 is 5.97 Å². The van der Waals surface area contributed by atoms with Crippen LogP contribution in [0, 0.1) is 27.7 Å². The molecule has 0 bridgehead atoms. The average Bonchev–Trinajstić information content (AvgIpc) is 2.54. The number of hydrogen-bond acceptors (Lipinski definition) is 1. The van der Waals surface area contributed by atoms with Gasteiger partial charge in [0, 0.05) is 0 Å². The summed E-state index contributed by atoms with van der Waals surface area (Å²) in [4.78, 5) is 12.2. The molecule has 0 amide bonds. The fourth-order valence-corrected chi connectivity index (χ4v) is 3.68. The van der Waals surface area contributed by atoms with E-state index in [9.17, 15) is 9.90 Å². The minimum Gasteiger partial charge on any atom is -0.478 e. The second-order valence-electron chi connectivity index (χ2n) is 6.57. The van der Waals surface area contributed by atoms with Gasteiger partial charge in [-0.3, -0.25) is 0 Å². The van der Waals surface area contributed by atoms with Crippen molar-refractivity contribution >= 4 is 5.97 Å². The first kappa shape index (κ1) is 17.0. The predicted molar refractivity (Wildman–Crippen MR) is 103 cm³/mol. The molecule has 2 nitrogen and oxygen atoms in total. The van der Waals surface area contributed by atoms with E-state index in [1.165, 1.54) is 0 Å². The maximum atomic E-state index is 12.2. The van der Waals surface area contributed by atoms with Gasteiger partial charge < -0.3 is 5.11 Å². The molecule has 2 heteroatoms. The molecule has 126 valence electrons. The van der Waals surface area contributed by atoms with E-state index in [1.807, 2.05) is 82.3 Å². The third-order valence-corrected chi connectivity index (χ3v) is 4.78. The van der Waals surface area contributed by atoms with E-state index < -0.39 is 5.97 Å². The van der Waals surface area contributed by atoms with Crippen LogP contribution in [0.3, 0.4) is 0 Å². The summed E-state index contributed by atoms with van der Waals surface area (Å²) in [6.07, 6.45) is 0. The Bertz CT molecular complexity index is 858. The van der Waals surface area contributed by atoms with Crippen LogP contribution in [0.5, 0.6) is 0 Å². The highest BCUT2D eigenvalue weighted by Crippen LogP contribution is 2.37. The highest BCUT2D eigenvalue weighted by atomic mass is 16.4. The van der Waals surface area contributed by atoms with E-state index in [0.717, 1.165) is 44.5 Å². The standard InChI is InChI=1S/C23H22O2/c1-14-8-5-9-15(2)20(14)18-12-7-13-19(22(18)23(24)25)21-16(3)10-6-11-17(21)4/h5-13H,1-4H3,(H,24,25). The monoisotopic (exact) mass is 330 g/mol. The van der Waals surface area contributed by atoms with E-state index >= 15 is 0 Å². The molecule has 3 aromatic rings. The van der Waals surface area contributed by atoms with Crippen LogP contribution >= 0.6 is 0 Å². The summed E-state index contributed by atoms with van der Waals surface area (Å²) in [5, 5.41) is 10.0. The third kappa shape index (κ3) is 2.96. The molecule has 25 heavy (non-hydrogen) atoms. The average molecular weight is 330 g/mol. The van der Waals surface area contributed by atoms with Gasteiger partial charge in [0.2, 0.25) is 0 Å². The summed E-state index contributed by atoms with van der Waals surface area (Å²) in [6, 6.07) is 17.9. The fourth-order valence-electron chi connectivity index (χ4n) is 3.68. The zero-order valence-corrected chi connectivity index (χ0v) is 15.1. The van der Waals surface area contributed by atoms with Crippen molar-refractivity contribution in [3.05, 3.63) is 82.4 Å². The third-order valence-electron chi connectivity index (χ3n) is 4.78. The van der Waals surface area contributed by atoms with Gasteiger partial charge in [0.25, 0.3) is 0 Å². The lowest BCUT2D eigenvalue weighted by molar-refractivity contribution is 0.0698. The Kier molecular flexibility index (Phi) is 4.45. The van der Waals surface area contributed by atoms with E-state index in [0.29, 0.717) is 5.56 Å². The van der Waals surface area contributed by atoms with Gasteiger partial charge in [-0.2, -0.15) is 0 Å². The lowest BCUT2D eigenvalue weighted by atomic mass is 9.85. The largest absolute Gasteiger partial charge is 0.478 e. The molecule has 0 aliphatic rings. The molecule has 0 unspecified atom stereocenters. The van der Waals surface area contributed by atoms with Crippen molar-refractivity contribution in [2.75, 3.05) is 0 Å². The molecule has 0 spiro atoms. The van der Waals surface area contributed by atoms with Crippen LogP contribution in [-0.2, 0) is 0 Å². The number of carboxylic acid groups (broad SMARTS) is 1. The quantitative estimate of drug-likeness (QED) is 0.644. The van der Waals surface area contributed by atoms with Crippen molar-refractivity contribution < 1.29 is 9.90 Å². The number of benzene rings is 3. The van der Waals surface area contributed by atoms with Crippen molar-refractivity contribution in [2.24, 2.45) is 0 Å². The van der Waals surface area contributed by atoms with Crippen molar-refractivity contribution in [3.63, 3.8) is 0 Å². The molecule has 0 atom stereocenters. The lowest BCUT2D eigenvalue weighted by Crippen LogP contribution is -2.05. The van der Waals surface area contributed by atoms with E-state index in [2.05, 4.69) is 0 Å². The first-order valence-electron chi connectivity index (χ1n) is 8.41. The van der Waals surface area contributed by atoms with Gasteiger partial charge in [-0.15, -0.1) is 0 Å². The first-order valence-corrected chi connectivity index (χ1v) is 8.41. The van der Waals surface area contributed by atoms with Crippen LogP contribution in [0.4, 0.5) is 0 Å².